The number of piperidine rings is 3. The van der Waals surface area contributed by atoms with Gasteiger partial charge in [0.2, 0.25) is 0 Å². The Morgan fingerprint density at radius 3 is 2.43 bits per heavy atom. The van der Waals surface area contributed by atoms with Crippen LogP contribution in [-0.2, 0) is 4.74 Å². The van der Waals surface area contributed by atoms with Crippen molar-refractivity contribution in [2.45, 2.75) is 18.9 Å². The lowest BCUT2D eigenvalue weighted by molar-refractivity contribution is -0.0455. The standard InChI is InChI=1S/C16H21NO4/c1-19-13-4-3-12(9-14(13)20-2)16(18)21-15-10-17-7-5-11(15)6-8-17/h3-4,9,11,15H,5-8,10H2,1-2H3/t15-/m0/s1. The van der Waals surface area contributed by atoms with Gasteiger partial charge in [-0.1, -0.05) is 0 Å². The molecule has 0 spiro atoms. The van der Waals surface area contributed by atoms with Crippen LogP contribution in [0.15, 0.2) is 18.2 Å². The Hall–Kier alpha value is -1.75. The second-order valence-corrected chi connectivity index (χ2v) is 5.65. The summed E-state index contributed by atoms with van der Waals surface area (Å²) in [6.45, 7) is 3.13. The van der Waals surface area contributed by atoms with Crippen molar-refractivity contribution in [3.63, 3.8) is 0 Å². The van der Waals surface area contributed by atoms with Crippen LogP contribution in [0.1, 0.15) is 23.2 Å². The monoisotopic (exact) mass is 291 g/mol. The highest BCUT2D eigenvalue weighted by molar-refractivity contribution is 5.90. The number of hydrogen-bond donors (Lipinski definition) is 0. The molecule has 21 heavy (non-hydrogen) atoms. The van der Waals surface area contributed by atoms with E-state index >= 15 is 0 Å². The summed E-state index contributed by atoms with van der Waals surface area (Å²) in [4.78, 5) is 14.7. The van der Waals surface area contributed by atoms with Gasteiger partial charge in [-0.2, -0.15) is 0 Å². The molecule has 1 atom stereocenters. The first kappa shape index (κ1) is 14.2. The largest absolute Gasteiger partial charge is 0.493 e. The van der Waals surface area contributed by atoms with Gasteiger partial charge in [-0.25, -0.2) is 4.79 Å². The Morgan fingerprint density at radius 1 is 1.14 bits per heavy atom. The van der Waals surface area contributed by atoms with Gasteiger partial charge in [0.15, 0.2) is 11.5 Å². The molecule has 0 radical (unpaired) electrons. The molecular weight excluding hydrogens is 270 g/mol. The number of carbonyl (C=O) groups is 1. The average Bonchev–Trinajstić information content (AvgIpc) is 2.55. The second kappa shape index (κ2) is 5.93. The molecule has 3 aliphatic heterocycles. The van der Waals surface area contributed by atoms with Gasteiger partial charge in [0.1, 0.15) is 6.10 Å². The zero-order valence-corrected chi connectivity index (χ0v) is 12.5. The molecular formula is C16H21NO4. The second-order valence-electron chi connectivity index (χ2n) is 5.65. The third kappa shape index (κ3) is 2.83. The lowest BCUT2D eigenvalue weighted by Gasteiger charge is -2.43. The fraction of sp³-hybridized carbons (Fsp3) is 0.562. The minimum Gasteiger partial charge on any atom is -0.493 e. The summed E-state index contributed by atoms with van der Waals surface area (Å²) in [5.74, 6) is 1.38. The number of methoxy groups -OCH3 is 2. The molecule has 5 nitrogen and oxygen atoms in total. The molecule has 4 rings (SSSR count). The van der Waals surface area contributed by atoms with Crippen LogP contribution in [0, 0.1) is 5.92 Å². The Morgan fingerprint density at radius 2 is 1.86 bits per heavy atom. The fourth-order valence-electron chi connectivity index (χ4n) is 3.21. The summed E-state index contributed by atoms with van der Waals surface area (Å²) in [5.41, 5.74) is 0.504. The summed E-state index contributed by atoms with van der Waals surface area (Å²) < 4.78 is 16.1. The summed E-state index contributed by atoms with van der Waals surface area (Å²) in [6, 6.07) is 5.11. The number of benzene rings is 1. The average molecular weight is 291 g/mol. The van der Waals surface area contributed by atoms with Crippen molar-refractivity contribution in [2.24, 2.45) is 5.92 Å². The molecule has 0 aromatic heterocycles. The van der Waals surface area contributed by atoms with Crippen LogP contribution < -0.4 is 9.47 Å². The Bertz CT molecular complexity index is 523. The van der Waals surface area contributed by atoms with Crippen molar-refractivity contribution in [3.8, 4) is 11.5 Å². The molecule has 0 amide bonds. The molecule has 114 valence electrons. The molecule has 1 aromatic rings. The Balaban J connectivity index is 1.70. The van der Waals surface area contributed by atoms with Crippen molar-refractivity contribution in [2.75, 3.05) is 33.9 Å². The number of esters is 1. The van der Waals surface area contributed by atoms with E-state index in [-0.39, 0.29) is 12.1 Å². The molecule has 1 aromatic carbocycles. The van der Waals surface area contributed by atoms with Crippen LogP contribution in [0.25, 0.3) is 0 Å². The maximum absolute atomic E-state index is 12.3. The summed E-state index contributed by atoms with van der Waals surface area (Å²) in [6.07, 6.45) is 2.28. The summed E-state index contributed by atoms with van der Waals surface area (Å²) in [7, 11) is 3.13. The van der Waals surface area contributed by atoms with Gasteiger partial charge in [0.25, 0.3) is 0 Å². The minimum atomic E-state index is -0.283. The normalized spacial score (nSPS) is 27.2. The Labute approximate surface area is 124 Å². The fourth-order valence-corrected chi connectivity index (χ4v) is 3.21. The van der Waals surface area contributed by atoms with Crippen molar-refractivity contribution >= 4 is 5.97 Å². The molecule has 3 heterocycles. The highest BCUT2D eigenvalue weighted by Crippen LogP contribution is 2.31. The van der Waals surface area contributed by atoms with Gasteiger partial charge >= 0.3 is 5.97 Å². The topological polar surface area (TPSA) is 48.0 Å². The maximum Gasteiger partial charge on any atom is 0.338 e. The predicted octanol–water partition coefficient (Wildman–Crippen LogP) is 1.95. The van der Waals surface area contributed by atoms with E-state index in [1.807, 2.05) is 0 Å². The number of rotatable bonds is 4. The molecule has 0 N–H and O–H groups in total. The molecule has 5 heteroatoms. The highest BCUT2D eigenvalue weighted by atomic mass is 16.5. The predicted molar refractivity (Wildman–Crippen MR) is 77.9 cm³/mol. The molecule has 3 saturated heterocycles. The van der Waals surface area contributed by atoms with Crippen LogP contribution in [0.4, 0.5) is 0 Å². The third-order valence-corrected chi connectivity index (χ3v) is 4.47. The molecule has 2 bridgehead atoms. The van der Waals surface area contributed by atoms with Crippen molar-refractivity contribution in [1.29, 1.82) is 0 Å². The lowest BCUT2D eigenvalue weighted by Crippen LogP contribution is -2.51. The van der Waals surface area contributed by atoms with Crippen LogP contribution in [-0.4, -0.2) is 50.8 Å². The summed E-state index contributed by atoms with van der Waals surface area (Å²) in [5, 5.41) is 0. The maximum atomic E-state index is 12.3. The lowest BCUT2D eigenvalue weighted by atomic mass is 9.86. The van der Waals surface area contributed by atoms with Crippen LogP contribution >= 0.6 is 0 Å². The van der Waals surface area contributed by atoms with Gasteiger partial charge in [-0.05, 0) is 50.0 Å². The van der Waals surface area contributed by atoms with E-state index in [1.54, 1.807) is 32.4 Å². The van der Waals surface area contributed by atoms with E-state index in [0.717, 1.165) is 32.5 Å². The molecule has 3 aliphatic rings. The smallest absolute Gasteiger partial charge is 0.338 e. The quantitative estimate of drug-likeness (QED) is 0.794. The first-order valence-corrected chi connectivity index (χ1v) is 7.36. The number of ether oxygens (including phenoxy) is 3. The Kier molecular flexibility index (Phi) is 4.01. The van der Waals surface area contributed by atoms with E-state index in [9.17, 15) is 4.79 Å². The number of carbonyl (C=O) groups excluding carboxylic acids is 1. The zero-order chi connectivity index (χ0) is 14.8. The van der Waals surface area contributed by atoms with E-state index in [2.05, 4.69) is 4.90 Å². The minimum absolute atomic E-state index is 0.0214. The van der Waals surface area contributed by atoms with Gasteiger partial charge in [0, 0.05) is 6.54 Å². The van der Waals surface area contributed by atoms with E-state index < -0.39 is 0 Å². The van der Waals surface area contributed by atoms with Crippen LogP contribution in [0.2, 0.25) is 0 Å². The first-order chi connectivity index (χ1) is 10.2. The van der Waals surface area contributed by atoms with Crippen molar-refractivity contribution < 1.29 is 19.0 Å². The van der Waals surface area contributed by atoms with Crippen molar-refractivity contribution in [3.05, 3.63) is 23.8 Å². The summed E-state index contributed by atoms with van der Waals surface area (Å²) >= 11 is 0. The molecule has 3 fully saturated rings. The molecule has 0 saturated carbocycles. The van der Waals surface area contributed by atoms with Crippen molar-refractivity contribution in [1.82, 2.24) is 4.90 Å². The number of hydrogen-bond acceptors (Lipinski definition) is 5. The SMILES string of the molecule is COc1ccc(C(=O)O[C@H]2CN3CCC2CC3)cc1OC. The highest BCUT2D eigenvalue weighted by Gasteiger charge is 2.36. The number of fused-ring (bicyclic) bond motifs is 3. The van der Waals surface area contributed by atoms with E-state index in [4.69, 9.17) is 14.2 Å². The third-order valence-electron chi connectivity index (χ3n) is 4.47. The molecule has 0 unspecified atom stereocenters. The van der Waals surface area contributed by atoms with Crippen LogP contribution in [0.3, 0.4) is 0 Å². The van der Waals surface area contributed by atoms with Gasteiger partial charge in [-0.15, -0.1) is 0 Å². The van der Waals surface area contributed by atoms with E-state index in [0.29, 0.717) is 23.0 Å². The van der Waals surface area contributed by atoms with Crippen LogP contribution in [0.5, 0.6) is 11.5 Å². The number of nitrogens with zero attached hydrogens (tertiary/aromatic N) is 1. The van der Waals surface area contributed by atoms with Gasteiger partial charge < -0.3 is 14.2 Å². The molecule has 0 aliphatic carbocycles. The zero-order valence-electron chi connectivity index (χ0n) is 12.5. The van der Waals surface area contributed by atoms with E-state index in [1.165, 1.54) is 0 Å². The first-order valence-electron chi connectivity index (χ1n) is 7.36. The van der Waals surface area contributed by atoms with Gasteiger partial charge in [-0.3, -0.25) is 4.90 Å². The van der Waals surface area contributed by atoms with Gasteiger partial charge in [0.05, 0.1) is 19.8 Å².